The molecule has 0 atom stereocenters. The third-order valence-corrected chi connectivity index (χ3v) is 3.98. The maximum Gasteiger partial charge on any atom is 0.262 e. The summed E-state index contributed by atoms with van der Waals surface area (Å²) >= 11 is 5.58. The molecular formula is C20H21ClFN3O4. The quantitative estimate of drug-likeness (QED) is 0.615. The molecule has 0 radical (unpaired) electrons. The van der Waals surface area contributed by atoms with E-state index in [0.29, 0.717) is 24.3 Å². The largest absolute Gasteiger partial charge is 0.484 e. The fourth-order valence-corrected chi connectivity index (χ4v) is 2.35. The third-order valence-electron chi connectivity index (χ3n) is 3.67. The van der Waals surface area contributed by atoms with E-state index in [-0.39, 0.29) is 29.8 Å². The maximum atomic E-state index is 13.3. The Labute approximate surface area is 172 Å². The van der Waals surface area contributed by atoms with E-state index in [1.165, 1.54) is 18.3 Å². The molecule has 0 bridgehead atoms. The Balaban J connectivity index is 1.68. The molecule has 1 aromatic heterocycles. The zero-order chi connectivity index (χ0) is 21.2. The van der Waals surface area contributed by atoms with Gasteiger partial charge in [-0.1, -0.05) is 18.2 Å². The van der Waals surface area contributed by atoms with Gasteiger partial charge in [0.25, 0.3) is 11.8 Å². The lowest BCUT2D eigenvalue weighted by Gasteiger charge is -2.11. The van der Waals surface area contributed by atoms with Gasteiger partial charge in [0.05, 0.1) is 22.9 Å². The maximum absolute atomic E-state index is 13.3. The van der Waals surface area contributed by atoms with Crippen molar-refractivity contribution in [2.24, 2.45) is 0 Å². The number of nitrogens with zero attached hydrogens (tertiary/aromatic N) is 1. The molecule has 2 rings (SSSR count). The van der Waals surface area contributed by atoms with Gasteiger partial charge < -0.3 is 20.1 Å². The number of carbonyl (C=O) groups excluding carboxylic acids is 2. The molecule has 0 aliphatic heterocycles. The Kier molecular flexibility index (Phi) is 8.57. The van der Waals surface area contributed by atoms with Crippen LogP contribution in [0, 0.1) is 5.82 Å². The highest BCUT2D eigenvalue weighted by molar-refractivity contribution is 6.30. The summed E-state index contributed by atoms with van der Waals surface area (Å²) in [4.78, 5) is 28.1. The van der Waals surface area contributed by atoms with Crippen molar-refractivity contribution in [2.45, 2.75) is 13.0 Å². The second-order valence-corrected chi connectivity index (χ2v) is 6.40. The number of hydrogen-bond donors (Lipinski definition) is 2. The Morgan fingerprint density at radius 3 is 2.72 bits per heavy atom. The van der Waals surface area contributed by atoms with E-state index in [0.717, 1.165) is 11.8 Å². The van der Waals surface area contributed by atoms with Crippen molar-refractivity contribution in [1.82, 2.24) is 15.6 Å². The summed E-state index contributed by atoms with van der Waals surface area (Å²) in [5.74, 6) is -1.18. The Morgan fingerprint density at radius 1 is 1.28 bits per heavy atom. The van der Waals surface area contributed by atoms with Crippen molar-refractivity contribution in [2.75, 3.05) is 20.3 Å². The van der Waals surface area contributed by atoms with Crippen molar-refractivity contribution in [3.63, 3.8) is 0 Å². The van der Waals surface area contributed by atoms with Gasteiger partial charge in [-0.25, -0.2) is 4.39 Å². The van der Waals surface area contributed by atoms with Crippen LogP contribution in [0.4, 0.5) is 4.39 Å². The van der Waals surface area contributed by atoms with Crippen molar-refractivity contribution < 1.29 is 23.5 Å². The Hall–Kier alpha value is -2.97. The van der Waals surface area contributed by atoms with Crippen molar-refractivity contribution >= 4 is 23.4 Å². The van der Waals surface area contributed by atoms with Crippen LogP contribution in [0.15, 0.2) is 48.8 Å². The van der Waals surface area contributed by atoms with Crippen molar-refractivity contribution in [1.29, 1.82) is 0 Å². The first-order valence-electron chi connectivity index (χ1n) is 8.66. The van der Waals surface area contributed by atoms with Crippen molar-refractivity contribution in [3.05, 3.63) is 70.9 Å². The number of carbonyl (C=O) groups is 2. The van der Waals surface area contributed by atoms with E-state index in [2.05, 4.69) is 22.2 Å². The van der Waals surface area contributed by atoms with E-state index in [1.54, 1.807) is 19.2 Å². The smallest absolute Gasteiger partial charge is 0.262 e. The highest BCUT2D eigenvalue weighted by atomic mass is 35.5. The monoisotopic (exact) mass is 421 g/mol. The Morgan fingerprint density at radius 2 is 2.07 bits per heavy atom. The zero-order valence-corrected chi connectivity index (χ0v) is 16.6. The molecule has 0 saturated carbocycles. The summed E-state index contributed by atoms with van der Waals surface area (Å²) in [6, 6.07) is 7.26. The summed E-state index contributed by atoms with van der Waals surface area (Å²) in [5.41, 5.74) is 1.56. The highest BCUT2D eigenvalue weighted by Gasteiger charge is 2.09. The number of ether oxygens (including phenoxy) is 2. The summed E-state index contributed by atoms with van der Waals surface area (Å²) < 4.78 is 23.5. The standard InChI is InChI=1S/C20H21ClFN3O4/c1-13(25-19(26)12-29-16-5-6-17(21)18(22)9-16)7-8-23-20(27)14-3-4-15(11-28-2)24-10-14/h3-6,9-10H,1,7-8,11-12H2,2H3,(H,23,27)(H,25,26). The number of pyridine rings is 1. The van der Waals surface area contributed by atoms with Crippen LogP contribution >= 0.6 is 11.6 Å². The molecule has 0 saturated heterocycles. The SMILES string of the molecule is C=C(CCNC(=O)c1ccc(COC)nc1)NC(=O)COc1ccc(Cl)c(F)c1. The van der Waals surface area contributed by atoms with E-state index >= 15 is 0 Å². The number of amides is 2. The van der Waals surface area contributed by atoms with E-state index in [4.69, 9.17) is 21.1 Å². The molecule has 0 unspecified atom stereocenters. The summed E-state index contributed by atoms with van der Waals surface area (Å²) in [6.45, 7) is 4.07. The van der Waals surface area contributed by atoms with E-state index in [9.17, 15) is 14.0 Å². The minimum absolute atomic E-state index is 0.0288. The van der Waals surface area contributed by atoms with Gasteiger partial charge in [0.15, 0.2) is 6.61 Å². The number of halogens is 2. The average Bonchev–Trinajstić information content (AvgIpc) is 2.69. The Bertz CT molecular complexity index is 875. The van der Waals surface area contributed by atoms with Gasteiger partial charge in [0, 0.05) is 38.0 Å². The fraction of sp³-hybridized carbons (Fsp3) is 0.250. The molecule has 1 heterocycles. The molecule has 9 heteroatoms. The molecule has 2 aromatic rings. The second-order valence-electron chi connectivity index (χ2n) is 5.99. The normalized spacial score (nSPS) is 10.3. The summed E-state index contributed by atoms with van der Waals surface area (Å²) in [5, 5.41) is 5.24. The summed E-state index contributed by atoms with van der Waals surface area (Å²) in [6.07, 6.45) is 1.81. The molecule has 7 nitrogen and oxygen atoms in total. The summed E-state index contributed by atoms with van der Waals surface area (Å²) in [7, 11) is 1.57. The van der Waals surface area contributed by atoms with Crippen molar-refractivity contribution in [3.8, 4) is 5.75 Å². The van der Waals surface area contributed by atoms with Crippen LogP contribution in [-0.2, 0) is 16.1 Å². The number of aromatic nitrogens is 1. The molecule has 29 heavy (non-hydrogen) atoms. The van der Waals surface area contributed by atoms with Gasteiger partial charge in [-0.3, -0.25) is 14.6 Å². The number of benzene rings is 1. The highest BCUT2D eigenvalue weighted by Crippen LogP contribution is 2.20. The lowest BCUT2D eigenvalue weighted by molar-refractivity contribution is -0.122. The van der Waals surface area contributed by atoms with E-state index in [1.807, 2.05) is 0 Å². The minimum Gasteiger partial charge on any atom is -0.484 e. The van der Waals surface area contributed by atoms with Gasteiger partial charge in [-0.2, -0.15) is 0 Å². The molecule has 0 aliphatic rings. The molecule has 0 spiro atoms. The van der Waals surface area contributed by atoms with Gasteiger partial charge >= 0.3 is 0 Å². The number of rotatable bonds is 10. The van der Waals surface area contributed by atoms with Crippen LogP contribution in [-0.4, -0.2) is 37.1 Å². The van der Waals surface area contributed by atoms with Gasteiger partial charge in [-0.15, -0.1) is 0 Å². The topological polar surface area (TPSA) is 89.5 Å². The lowest BCUT2D eigenvalue weighted by Crippen LogP contribution is -2.31. The number of nitrogens with one attached hydrogen (secondary N) is 2. The first-order valence-corrected chi connectivity index (χ1v) is 9.04. The van der Waals surface area contributed by atoms with E-state index < -0.39 is 11.7 Å². The van der Waals surface area contributed by atoms with Gasteiger partial charge in [-0.05, 0) is 24.3 Å². The molecule has 2 amide bonds. The van der Waals surface area contributed by atoms with Crippen LogP contribution in [0.25, 0.3) is 0 Å². The number of methoxy groups -OCH3 is 1. The third kappa shape index (κ3) is 7.52. The predicted octanol–water partition coefficient (Wildman–Crippen LogP) is 2.85. The molecule has 2 N–H and O–H groups in total. The van der Waals surface area contributed by atoms with Crippen LogP contribution in [0.5, 0.6) is 5.75 Å². The van der Waals surface area contributed by atoms with Crippen LogP contribution < -0.4 is 15.4 Å². The molecule has 0 fully saturated rings. The van der Waals surface area contributed by atoms with Crippen LogP contribution in [0.2, 0.25) is 5.02 Å². The van der Waals surface area contributed by atoms with Gasteiger partial charge in [0.1, 0.15) is 11.6 Å². The van der Waals surface area contributed by atoms with Gasteiger partial charge in [0.2, 0.25) is 0 Å². The second kappa shape index (κ2) is 11.1. The predicted molar refractivity (Wildman–Crippen MR) is 106 cm³/mol. The first-order chi connectivity index (χ1) is 13.9. The first kappa shape index (κ1) is 22.3. The van der Waals surface area contributed by atoms with Crippen LogP contribution in [0.3, 0.4) is 0 Å². The fourth-order valence-electron chi connectivity index (χ4n) is 2.23. The molecule has 0 aliphatic carbocycles. The minimum atomic E-state index is -0.631. The lowest BCUT2D eigenvalue weighted by atomic mass is 10.2. The van der Waals surface area contributed by atoms with Crippen LogP contribution in [0.1, 0.15) is 22.5 Å². The molecular weight excluding hydrogens is 401 g/mol. The average molecular weight is 422 g/mol. The zero-order valence-electron chi connectivity index (χ0n) is 15.8. The molecule has 154 valence electrons. The molecule has 1 aromatic carbocycles. The number of hydrogen-bond acceptors (Lipinski definition) is 5.